The zero-order valence-electron chi connectivity index (χ0n) is 21.5. The number of carbonyl (C=O) groups is 5. The van der Waals surface area contributed by atoms with Crippen molar-refractivity contribution in [2.45, 2.75) is 65.6 Å². The molecule has 8 nitrogen and oxygen atoms in total. The molecule has 0 radical (unpaired) electrons. The molecule has 0 spiro atoms. The molecule has 3 aliphatic carbocycles. The third kappa shape index (κ3) is 3.74. The highest BCUT2D eigenvalue weighted by atomic mass is 16.6. The van der Waals surface area contributed by atoms with Crippen LogP contribution in [0.15, 0.2) is 47.8 Å². The maximum absolute atomic E-state index is 13.8. The molecular weight excluding hydrogens is 464 g/mol. The third-order valence-corrected chi connectivity index (χ3v) is 8.06. The summed E-state index contributed by atoms with van der Waals surface area (Å²) in [5, 5.41) is 22.5. The summed E-state index contributed by atoms with van der Waals surface area (Å²) in [6.45, 7) is 8.81. The van der Waals surface area contributed by atoms with E-state index in [0.717, 1.165) is 0 Å². The van der Waals surface area contributed by atoms with Crippen LogP contribution in [0.1, 0.15) is 54.4 Å². The first-order chi connectivity index (χ1) is 16.7. The van der Waals surface area contributed by atoms with Crippen molar-refractivity contribution in [1.82, 2.24) is 0 Å². The van der Waals surface area contributed by atoms with Crippen molar-refractivity contribution in [3.8, 4) is 0 Å². The van der Waals surface area contributed by atoms with E-state index in [-0.39, 0.29) is 12.0 Å². The van der Waals surface area contributed by atoms with E-state index in [9.17, 15) is 34.2 Å². The first-order valence-electron chi connectivity index (χ1n) is 12.2. The fourth-order valence-electron chi connectivity index (χ4n) is 6.28. The minimum Gasteiger partial charge on any atom is -0.508 e. The van der Waals surface area contributed by atoms with Crippen LogP contribution in [0.25, 0.3) is 0 Å². The average molecular weight is 499 g/mol. The first-order valence-corrected chi connectivity index (χ1v) is 12.2. The third-order valence-electron chi connectivity index (χ3n) is 8.06. The van der Waals surface area contributed by atoms with Crippen molar-refractivity contribution in [3.05, 3.63) is 47.8 Å². The number of esters is 1. The maximum atomic E-state index is 13.8. The van der Waals surface area contributed by atoms with Gasteiger partial charge in [0.1, 0.15) is 28.5 Å². The molecule has 4 rings (SSSR count). The van der Waals surface area contributed by atoms with Gasteiger partial charge in [-0.05, 0) is 54.0 Å². The number of ether oxygens (including phenoxy) is 1. The fourth-order valence-corrected chi connectivity index (χ4v) is 6.28. The highest BCUT2D eigenvalue weighted by molar-refractivity contribution is 6.24. The van der Waals surface area contributed by atoms with E-state index in [4.69, 9.17) is 4.74 Å². The highest BCUT2D eigenvalue weighted by Gasteiger charge is 2.77. The molecule has 194 valence electrons. The lowest BCUT2D eigenvalue weighted by Gasteiger charge is -2.60. The molecule has 0 aromatic carbocycles. The zero-order chi connectivity index (χ0) is 27.2. The van der Waals surface area contributed by atoms with E-state index in [1.54, 1.807) is 38.2 Å². The molecule has 0 aromatic rings. The van der Waals surface area contributed by atoms with Gasteiger partial charge in [0, 0.05) is 29.7 Å². The maximum Gasteiger partial charge on any atom is 0.317 e. The number of allylic oxidation sites excluding steroid dienone is 6. The van der Waals surface area contributed by atoms with Crippen LogP contribution in [0.5, 0.6) is 0 Å². The summed E-state index contributed by atoms with van der Waals surface area (Å²) in [7, 11) is 0. The second-order valence-electron chi connectivity index (χ2n) is 10.4. The summed E-state index contributed by atoms with van der Waals surface area (Å²) in [5.74, 6) is -9.11. The van der Waals surface area contributed by atoms with Crippen LogP contribution in [-0.4, -0.2) is 50.5 Å². The number of carbonyl (C=O) groups excluding carboxylic acids is 5. The smallest absolute Gasteiger partial charge is 0.317 e. The summed E-state index contributed by atoms with van der Waals surface area (Å²) in [5.41, 5.74) is -6.44. The second-order valence-corrected chi connectivity index (χ2v) is 10.4. The highest BCUT2D eigenvalue weighted by Crippen LogP contribution is 2.63. The molecule has 36 heavy (non-hydrogen) atoms. The number of hydrogen-bond acceptors (Lipinski definition) is 8. The second kappa shape index (κ2) is 9.39. The Bertz CT molecular complexity index is 1140. The van der Waals surface area contributed by atoms with Crippen molar-refractivity contribution in [1.29, 1.82) is 0 Å². The Morgan fingerprint density at radius 2 is 1.69 bits per heavy atom. The van der Waals surface area contributed by atoms with E-state index in [1.165, 1.54) is 39.8 Å². The molecule has 0 aromatic heterocycles. The largest absolute Gasteiger partial charge is 0.508 e. The van der Waals surface area contributed by atoms with Crippen LogP contribution in [0.4, 0.5) is 0 Å². The van der Waals surface area contributed by atoms with Crippen molar-refractivity contribution in [3.63, 3.8) is 0 Å². The molecule has 4 fully saturated rings. The average Bonchev–Trinajstić information content (AvgIpc) is 3.01. The van der Waals surface area contributed by atoms with Gasteiger partial charge in [-0.15, -0.1) is 0 Å². The molecule has 3 saturated carbocycles. The standard InChI is InChI=1S/C28H34O8/c1-7-9-11-13-16(29)18-20-21(28(6)22(31)15(3)24(33)36-28)19(17(30)14-12-10-8-2)26(4,23(18)32)25(34)27(20,5)35/h7-11,13,15,19-21,29,35H,12,14H2,1-6H3. The van der Waals surface area contributed by atoms with Gasteiger partial charge in [-0.3, -0.25) is 24.0 Å². The van der Waals surface area contributed by atoms with Crippen molar-refractivity contribution in [2.24, 2.45) is 29.1 Å². The molecule has 2 N–H and O–H groups in total. The Morgan fingerprint density at radius 3 is 2.22 bits per heavy atom. The lowest BCUT2D eigenvalue weighted by Crippen LogP contribution is -2.75. The van der Waals surface area contributed by atoms with Gasteiger partial charge >= 0.3 is 5.97 Å². The Kier molecular flexibility index (Phi) is 7.16. The van der Waals surface area contributed by atoms with Crippen LogP contribution in [0, 0.1) is 29.1 Å². The van der Waals surface area contributed by atoms with Crippen LogP contribution in [0.2, 0.25) is 0 Å². The van der Waals surface area contributed by atoms with E-state index in [0.29, 0.717) is 6.42 Å². The summed E-state index contributed by atoms with van der Waals surface area (Å²) < 4.78 is 5.59. The summed E-state index contributed by atoms with van der Waals surface area (Å²) in [6, 6.07) is 0. The molecule has 1 saturated heterocycles. The Hall–Kier alpha value is -3.13. The van der Waals surface area contributed by atoms with Gasteiger partial charge in [-0.1, -0.05) is 30.4 Å². The number of fused-ring (bicyclic) bond motifs is 3. The van der Waals surface area contributed by atoms with Crippen molar-refractivity contribution in [2.75, 3.05) is 0 Å². The minimum atomic E-state index is -2.22. The molecule has 4 aliphatic rings. The molecule has 7 unspecified atom stereocenters. The molecule has 7 atom stereocenters. The van der Waals surface area contributed by atoms with Gasteiger partial charge in [-0.25, -0.2) is 0 Å². The van der Waals surface area contributed by atoms with E-state index >= 15 is 0 Å². The van der Waals surface area contributed by atoms with Gasteiger partial charge < -0.3 is 14.9 Å². The van der Waals surface area contributed by atoms with Gasteiger partial charge in [0.25, 0.3) is 0 Å². The Morgan fingerprint density at radius 1 is 1.06 bits per heavy atom. The van der Waals surface area contributed by atoms with Gasteiger partial charge in [0.2, 0.25) is 0 Å². The van der Waals surface area contributed by atoms with Crippen LogP contribution in [-0.2, 0) is 28.7 Å². The van der Waals surface area contributed by atoms with Gasteiger partial charge in [0.15, 0.2) is 23.0 Å². The lowest BCUT2D eigenvalue weighted by atomic mass is 9.40. The number of aliphatic hydroxyl groups excluding tert-OH is 1. The minimum absolute atomic E-state index is 0.0173. The van der Waals surface area contributed by atoms with Gasteiger partial charge in [-0.2, -0.15) is 0 Å². The number of hydrogen-bond donors (Lipinski definition) is 2. The Balaban J connectivity index is 2.35. The fraction of sp³-hybridized carbons (Fsp3) is 0.536. The SMILES string of the molecule is CC=CC=CC(O)=C1C(=O)C2(C)C(=O)C(C)(O)C1C(C1(C)OC(=O)C(C)C1=O)C2C(=O)CCC=CC. The first kappa shape index (κ1) is 27.5. The zero-order valence-corrected chi connectivity index (χ0v) is 21.5. The quantitative estimate of drug-likeness (QED) is 0.136. The Labute approximate surface area is 210 Å². The van der Waals surface area contributed by atoms with Crippen LogP contribution < -0.4 is 0 Å². The van der Waals surface area contributed by atoms with Gasteiger partial charge in [0.05, 0.1) is 0 Å². The molecule has 8 heteroatoms. The number of rotatable bonds is 7. The molecule has 2 bridgehead atoms. The summed E-state index contributed by atoms with van der Waals surface area (Å²) in [4.78, 5) is 67.0. The monoisotopic (exact) mass is 498 g/mol. The predicted molar refractivity (Wildman–Crippen MR) is 131 cm³/mol. The summed E-state index contributed by atoms with van der Waals surface area (Å²) in [6.07, 6.45) is 9.91. The van der Waals surface area contributed by atoms with Crippen LogP contribution >= 0.6 is 0 Å². The topological polar surface area (TPSA) is 135 Å². The number of aliphatic hydroxyl groups is 2. The number of cyclic esters (lactones) is 1. The van der Waals surface area contributed by atoms with Crippen molar-refractivity contribution < 1.29 is 38.9 Å². The predicted octanol–water partition coefficient (Wildman–Crippen LogP) is 3.15. The van der Waals surface area contributed by atoms with E-state index < -0.39 is 75.2 Å². The molecule has 1 aliphatic heterocycles. The number of Topliss-reactive ketones (excluding diaryl/α,β-unsaturated/α-hetero) is 4. The normalized spacial score (nSPS) is 40.2. The van der Waals surface area contributed by atoms with Crippen molar-refractivity contribution >= 4 is 29.1 Å². The molecular formula is C28H34O8. The molecule has 1 heterocycles. The summed E-state index contributed by atoms with van der Waals surface area (Å²) >= 11 is 0. The van der Waals surface area contributed by atoms with E-state index in [1.807, 2.05) is 0 Å². The lowest BCUT2D eigenvalue weighted by molar-refractivity contribution is -0.204. The molecule has 0 amide bonds. The number of ketones is 4. The van der Waals surface area contributed by atoms with E-state index in [2.05, 4.69) is 0 Å². The van der Waals surface area contributed by atoms with Crippen LogP contribution in [0.3, 0.4) is 0 Å².